The molecule has 1 aliphatic rings. The van der Waals surface area contributed by atoms with Crippen LogP contribution in [0.3, 0.4) is 0 Å². The number of hydrogen-bond donors (Lipinski definition) is 1. The molecule has 1 aromatic carbocycles. The van der Waals surface area contributed by atoms with Crippen LogP contribution < -0.4 is 5.32 Å². The third kappa shape index (κ3) is 4.61. The van der Waals surface area contributed by atoms with Gasteiger partial charge >= 0.3 is 0 Å². The monoisotopic (exact) mass is 323 g/mol. The van der Waals surface area contributed by atoms with Gasteiger partial charge in [0.2, 0.25) is 0 Å². The van der Waals surface area contributed by atoms with Gasteiger partial charge in [-0.25, -0.2) is 0 Å². The Bertz CT molecular complexity index is 394. The lowest BCUT2D eigenvalue weighted by Crippen LogP contribution is -2.26. The van der Waals surface area contributed by atoms with E-state index in [1.54, 1.807) is 0 Å². The molecule has 0 aromatic heterocycles. The molecule has 1 nitrogen and oxygen atoms in total. The highest BCUT2D eigenvalue weighted by molar-refractivity contribution is 9.10. The van der Waals surface area contributed by atoms with E-state index in [-0.39, 0.29) is 0 Å². The lowest BCUT2D eigenvalue weighted by molar-refractivity contribution is 0.262. The van der Waals surface area contributed by atoms with Crippen LogP contribution in [0.5, 0.6) is 0 Å². The van der Waals surface area contributed by atoms with E-state index in [1.165, 1.54) is 54.2 Å². The van der Waals surface area contributed by atoms with Crippen molar-refractivity contribution in [2.75, 3.05) is 6.54 Å². The number of aryl methyl sites for hydroxylation is 1. The highest BCUT2D eigenvalue weighted by atomic mass is 79.9. The molecular formula is C17H26BrN. The van der Waals surface area contributed by atoms with Crippen LogP contribution in [0.2, 0.25) is 0 Å². The Balaban J connectivity index is 1.72. The molecule has 0 radical (unpaired) electrons. The maximum absolute atomic E-state index is 3.65. The van der Waals surface area contributed by atoms with Crippen LogP contribution in [0.25, 0.3) is 0 Å². The van der Waals surface area contributed by atoms with Gasteiger partial charge in [0.1, 0.15) is 0 Å². The number of rotatable bonds is 5. The quantitative estimate of drug-likeness (QED) is 0.798. The largest absolute Gasteiger partial charge is 0.312 e. The molecule has 1 saturated carbocycles. The summed E-state index contributed by atoms with van der Waals surface area (Å²) in [6, 6.07) is 6.61. The van der Waals surface area contributed by atoms with E-state index in [0.29, 0.717) is 0 Å². The standard InChI is InChI=1S/C17H26BrN/c1-3-14-5-7-15(8-6-14)11-19-12-16-9-4-13(2)10-17(16)18/h4,9-10,14-15,19H,3,5-8,11-12H2,1-2H3. The predicted molar refractivity (Wildman–Crippen MR) is 86.3 cm³/mol. The van der Waals surface area contributed by atoms with Gasteiger partial charge in [0.05, 0.1) is 0 Å². The van der Waals surface area contributed by atoms with Gasteiger partial charge in [-0.15, -0.1) is 0 Å². The lowest BCUT2D eigenvalue weighted by atomic mass is 9.81. The van der Waals surface area contributed by atoms with Crippen molar-refractivity contribution in [3.05, 3.63) is 33.8 Å². The van der Waals surface area contributed by atoms with Crippen molar-refractivity contribution in [2.24, 2.45) is 11.8 Å². The fraction of sp³-hybridized carbons (Fsp3) is 0.647. The molecule has 0 aliphatic heterocycles. The smallest absolute Gasteiger partial charge is 0.0222 e. The van der Waals surface area contributed by atoms with Crippen molar-refractivity contribution in [2.45, 2.75) is 52.5 Å². The molecule has 2 rings (SSSR count). The Kier molecular flexibility index (Phi) is 5.90. The van der Waals surface area contributed by atoms with Crippen molar-refractivity contribution >= 4 is 15.9 Å². The van der Waals surface area contributed by atoms with Crippen LogP contribution in [-0.2, 0) is 6.54 Å². The summed E-state index contributed by atoms with van der Waals surface area (Å²) in [6.45, 7) is 6.62. The van der Waals surface area contributed by atoms with Crippen LogP contribution in [0.4, 0.5) is 0 Å². The van der Waals surface area contributed by atoms with E-state index in [4.69, 9.17) is 0 Å². The zero-order valence-corrected chi connectivity index (χ0v) is 13.8. The fourth-order valence-corrected chi connectivity index (χ4v) is 3.68. The van der Waals surface area contributed by atoms with Gasteiger partial charge in [-0.3, -0.25) is 0 Å². The van der Waals surface area contributed by atoms with Gasteiger partial charge < -0.3 is 5.32 Å². The third-order valence-electron chi connectivity index (χ3n) is 4.50. The first-order valence-corrected chi connectivity index (χ1v) is 8.44. The molecule has 0 heterocycles. The van der Waals surface area contributed by atoms with E-state index < -0.39 is 0 Å². The fourth-order valence-electron chi connectivity index (χ4n) is 3.05. The maximum Gasteiger partial charge on any atom is 0.0222 e. The molecule has 19 heavy (non-hydrogen) atoms. The molecule has 2 heteroatoms. The topological polar surface area (TPSA) is 12.0 Å². The van der Waals surface area contributed by atoms with Gasteiger partial charge in [0, 0.05) is 11.0 Å². The summed E-state index contributed by atoms with van der Waals surface area (Å²) in [6.07, 6.45) is 7.09. The van der Waals surface area contributed by atoms with Crippen LogP contribution in [0.15, 0.2) is 22.7 Å². The van der Waals surface area contributed by atoms with E-state index in [0.717, 1.165) is 18.4 Å². The second kappa shape index (κ2) is 7.44. The summed E-state index contributed by atoms with van der Waals surface area (Å²) in [7, 11) is 0. The Labute approximate surface area is 126 Å². The Morgan fingerprint density at radius 2 is 1.84 bits per heavy atom. The molecule has 0 spiro atoms. The second-order valence-electron chi connectivity index (χ2n) is 6.02. The van der Waals surface area contributed by atoms with E-state index >= 15 is 0 Å². The highest BCUT2D eigenvalue weighted by Gasteiger charge is 2.19. The minimum Gasteiger partial charge on any atom is -0.312 e. The molecule has 0 unspecified atom stereocenters. The Hall–Kier alpha value is -0.340. The van der Waals surface area contributed by atoms with Crippen molar-refractivity contribution in [1.82, 2.24) is 5.32 Å². The zero-order valence-electron chi connectivity index (χ0n) is 12.2. The lowest BCUT2D eigenvalue weighted by Gasteiger charge is -2.28. The minimum atomic E-state index is 0.895. The zero-order chi connectivity index (χ0) is 13.7. The second-order valence-corrected chi connectivity index (χ2v) is 6.88. The number of nitrogens with one attached hydrogen (secondary N) is 1. The van der Waals surface area contributed by atoms with Gasteiger partial charge in [-0.2, -0.15) is 0 Å². The molecule has 1 N–H and O–H groups in total. The molecular weight excluding hydrogens is 298 g/mol. The van der Waals surface area contributed by atoms with Gasteiger partial charge in [0.15, 0.2) is 0 Å². The number of halogens is 1. The molecule has 0 amide bonds. The van der Waals surface area contributed by atoms with Crippen molar-refractivity contribution < 1.29 is 0 Å². The summed E-state index contributed by atoms with van der Waals surface area (Å²) in [5.41, 5.74) is 2.68. The Morgan fingerprint density at radius 3 is 2.47 bits per heavy atom. The van der Waals surface area contributed by atoms with Crippen LogP contribution in [0.1, 0.15) is 50.2 Å². The summed E-state index contributed by atoms with van der Waals surface area (Å²) >= 11 is 3.65. The molecule has 106 valence electrons. The predicted octanol–water partition coefficient (Wildman–Crippen LogP) is 5.06. The molecule has 1 aliphatic carbocycles. The maximum atomic E-state index is 3.65. The van der Waals surface area contributed by atoms with Crippen LogP contribution in [0, 0.1) is 18.8 Å². The van der Waals surface area contributed by atoms with Crippen molar-refractivity contribution in [3.8, 4) is 0 Å². The van der Waals surface area contributed by atoms with Crippen LogP contribution in [-0.4, -0.2) is 6.54 Å². The molecule has 1 fully saturated rings. The first-order valence-electron chi connectivity index (χ1n) is 7.64. The number of benzene rings is 1. The third-order valence-corrected chi connectivity index (χ3v) is 5.24. The van der Waals surface area contributed by atoms with Crippen molar-refractivity contribution in [3.63, 3.8) is 0 Å². The summed E-state index contributed by atoms with van der Waals surface area (Å²) < 4.78 is 1.23. The highest BCUT2D eigenvalue weighted by Crippen LogP contribution is 2.30. The molecule has 0 bridgehead atoms. The number of hydrogen-bond acceptors (Lipinski definition) is 1. The molecule has 0 atom stereocenters. The van der Waals surface area contributed by atoms with Gasteiger partial charge in [-0.1, -0.05) is 54.2 Å². The summed E-state index contributed by atoms with van der Waals surface area (Å²) in [5.74, 6) is 1.90. The normalized spacial score (nSPS) is 23.5. The SMILES string of the molecule is CCC1CCC(CNCc2ccc(C)cc2Br)CC1. The average molecular weight is 324 g/mol. The molecule has 0 saturated heterocycles. The summed E-state index contributed by atoms with van der Waals surface area (Å²) in [4.78, 5) is 0. The summed E-state index contributed by atoms with van der Waals surface area (Å²) in [5, 5.41) is 3.63. The van der Waals surface area contributed by atoms with Gasteiger partial charge in [-0.05, 0) is 55.3 Å². The molecule has 1 aromatic rings. The first-order chi connectivity index (χ1) is 9.19. The Morgan fingerprint density at radius 1 is 1.16 bits per heavy atom. The van der Waals surface area contributed by atoms with Crippen molar-refractivity contribution in [1.29, 1.82) is 0 Å². The minimum absolute atomic E-state index is 0.895. The van der Waals surface area contributed by atoms with E-state index in [2.05, 4.69) is 53.3 Å². The first kappa shape index (κ1) is 15.1. The van der Waals surface area contributed by atoms with E-state index in [1.807, 2.05) is 0 Å². The van der Waals surface area contributed by atoms with Gasteiger partial charge in [0.25, 0.3) is 0 Å². The van der Waals surface area contributed by atoms with E-state index in [9.17, 15) is 0 Å². The average Bonchev–Trinajstić information content (AvgIpc) is 2.42. The van der Waals surface area contributed by atoms with Crippen LogP contribution >= 0.6 is 15.9 Å².